The molecule has 1 amide bonds. The van der Waals surface area contributed by atoms with E-state index >= 15 is 0 Å². The molecule has 248 valence electrons. The van der Waals surface area contributed by atoms with Gasteiger partial charge >= 0.3 is 0 Å². The Morgan fingerprint density at radius 3 is 2.49 bits per heavy atom. The van der Waals surface area contributed by atoms with Gasteiger partial charge in [-0.2, -0.15) is 5.26 Å². The van der Waals surface area contributed by atoms with E-state index in [0.29, 0.717) is 53.3 Å². The van der Waals surface area contributed by atoms with Crippen molar-refractivity contribution in [1.29, 1.82) is 5.26 Å². The minimum absolute atomic E-state index is 0.175. The van der Waals surface area contributed by atoms with Gasteiger partial charge in [-0.1, -0.05) is 6.07 Å². The van der Waals surface area contributed by atoms with E-state index < -0.39 is 18.4 Å². The van der Waals surface area contributed by atoms with Crippen molar-refractivity contribution >= 4 is 17.5 Å². The molecule has 0 unspecified atom stereocenters. The van der Waals surface area contributed by atoms with E-state index in [0.717, 1.165) is 50.6 Å². The molecule has 3 aromatic rings. The highest BCUT2D eigenvalue weighted by Gasteiger charge is 2.33. The Bertz CT molecular complexity index is 1600. The fourth-order valence-corrected chi connectivity index (χ4v) is 6.39. The van der Waals surface area contributed by atoms with E-state index in [-0.39, 0.29) is 19.2 Å². The number of benzene rings is 2. The molecule has 1 atom stereocenters. The number of nitriles is 1. The first kappa shape index (κ1) is 32.6. The third-order valence-electron chi connectivity index (χ3n) is 9.19. The van der Waals surface area contributed by atoms with Gasteiger partial charge in [0.2, 0.25) is 5.95 Å². The Balaban J connectivity index is 1.08. The lowest BCUT2D eigenvalue weighted by Crippen LogP contribution is -2.51. The summed E-state index contributed by atoms with van der Waals surface area (Å²) in [4.78, 5) is 24.8. The molecule has 6 rings (SSSR count). The minimum Gasteiger partial charge on any atom is -0.496 e. The van der Waals surface area contributed by atoms with Crippen LogP contribution in [-0.4, -0.2) is 102 Å². The first-order valence-corrected chi connectivity index (χ1v) is 15.9. The van der Waals surface area contributed by atoms with E-state index in [1.165, 1.54) is 10.5 Å². The predicted octanol–water partition coefficient (Wildman–Crippen LogP) is 4.34. The van der Waals surface area contributed by atoms with Gasteiger partial charge in [0.1, 0.15) is 23.7 Å². The van der Waals surface area contributed by atoms with Crippen LogP contribution >= 0.6 is 0 Å². The molecule has 2 aromatic carbocycles. The van der Waals surface area contributed by atoms with E-state index in [1.54, 1.807) is 37.6 Å². The van der Waals surface area contributed by atoms with Gasteiger partial charge in [0.25, 0.3) is 12.3 Å². The number of carbonyl (C=O) groups is 1. The monoisotopic (exact) mass is 648 g/mol. The third kappa shape index (κ3) is 7.45. The van der Waals surface area contributed by atoms with Crippen LogP contribution in [-0.2, 0) is 9.53 Å². The zero-order valence-corrected chi connectivity index (χ0v) is 26.1. The largest absolute Gasteiger partial charge is 0.496 e. The minimum atomic E-state index is -3.13. The number of alkyl halides is 2. The summed E-state index contributed by atoms with van der Waals surface area (Å²) in [6.45, 7) is 4.14. The molecule has 47 heavy (non-hydrogen) atoms. The summed E-state index contributed by atoms with van der Waals surface area (Å²) in [6, 6.07) is 15.8. The van der Waals surface area contributed by atoms with Crippen molar-refractivity contribution in [2.75, 3.05) is 51.8 Å². The molecule has 0 spiro atoms. The molecule has 3 saturated heterocycles. The molecular formula is C34H38F2N6O5. The van der Waals surface area contributed by atoms with Gasteiger partial charge in [0, 0.05) is 49.4 Å². The molecule has 0 radical (unpaired) electrons. The van der Waals surface area contributed by atoms with Crippen molar-refractivity contribution in [1.82, 2.24) is 19.8 Å². The molecule has 4 heterocycles. The van der Waals surface area contributed by atoms with Crippen LogP contribution in [0.15, 0.2) is 48.7 Å². The Morgan fingerprint density at radius 2 is 1.83 bits per heavy atom. The SMILES string of the molecule is COc1cc(Nc2nccc(-c3ccc(OC4CCN(C(=O)[C@@H](O)C(F)F)CC4)c(C#N)c3)n2)ccc1C1CCN(C2COC2)CC1. The number of nitrogens with zero attached hydrogens (tertiary/aromatic N) is 5. The van der Waals surface area contributed by atoms with Crippen molar-refractivity contribution in [3.63, 3.8) is 0 Å². The number of piperidine rings is 2. The van der Waals surface area contributed by atoms with Gasteiger partial charge in [-0.25, -0.2) is 18.7 Å². The number of hydrogen-bond donors (Lipinski definition) is 2. The quantitative estimate of drug-likeness (QED) is 0.327. The Hall–Kier alpha value is -4.38. The van der Waals surface area contributed by atoms with Crippen LogP contribution in [0.2, 0.25) is 0 Å². The number of methoxy groups -OCH3 is 1. The van der Waals surface area contributed by atoms with Crippen LogP contribution in [0.3, 0.4) is 0 Å². The van der Waals surface area contributed by atoms with Gasteiger partial charge in [-0.15, -0.1) is 0 Å². The Kier molecular flexibility index (Phi) is 10.1. The van der Waals surface area contributed by atoms with Crippen LogP contribution < -0.4 is 14.8 Å². The highest BCUT2D eigenvalue weighted by Crippen LogP contribution is 2.37. The number of amides is 1. The smallest absolute Gasteiger partial charge is 0.273 e. The molecule has 3 aliphatic heterocycles. The molecule has 0 saturated carbocycles. The molecule has 13 heteroatoms. The maximum absolute atomic E-state index is 12.7. The Labute approximate surface area is 272 Å². The molecule has 3 fully saturated rings. The Morgan fingerprint density at radius 1 is 1.06 bits per heavy atom. The number of hydrogen-bond acceptors (Lipinski definition) is 10. The van der Waals surface area contributed by atoms with Crippen LogP contribution in [0.4, 0.5) is 20.4 Å². The lowest BCUT2D eigenvalue weighted by atomic mass is 9.88. The fourth-order valence-electron chi connectivity index (χ4n) is 6.39. The number of rotatable bonds is 10. The summed E-state index contributed by atoms with van der Waals surface area (Å²) in [7, 11) is 1.69. The number of anilines is 2. The number of likely N-dealkylation sites (tertiary alicyclic amines) is 2. The lowest BCUT2D eigenvalue weighted by molar-refractivity contribution is -0.150. The van der Waals surface area contributed by atoms with Crippen molar-refractivity contribution in [3.05, 3.63) is 59.8 Å². The van der Waals surface area contributed by atoms with Crippen molar-refractivity contribution in [3.8, 4) is 28.8 Å². The van der Waals surface area contributed by atoms with Gasteiger partial charge in [-0.3, -0.25) is 9.69 Å². The van der Waals surface area contributed by atoms with Crippen molar-refractivity contribution in [2.24, 2.45) is 0 Å². The summed E-state index contributed by atoms with van der Waals surface area (Å²) in [5.74, 6) is 1.05. The fraction of sp³-hybridized carbons (Fsp3) is 0.471. The number of aromatic nitrogens is 2. The maximum atomic E-state index is 12.7. The van der Waals surface area contributed by atoms with E-state index in [4.69, 9.17) is 14.2 Å². The molecule has 1 aromatic heterocycles. The molecule has 2 N–H and O–H groups in total. The number of aliphatic hydroxyl groups excluding tert-OH is 1. The highest BCUT2D eigenvalue weighted by atomic mass is 19.3. The molecule has 0 bridgehead atoms. The van der Waals surface area contributed by atoms with Crippen LogP contribution in [0.5, 0.6) is 11.5 Å². The zero-order chi connectivity index (χ0) is 32.9. The summed E-state index contributed by atoms with van der Waals surface area (Å²) < 4.78 is 42.7. The van der Waals surface area contributed by atoms with Gasteiger partial charge in [0.15, 0.2) is 6.10 Å². The first-order chi connectivity index (χ1) is 22.8. The number of nitrogens with one attached hydrogen (secondary N) is 1. The topological polar surface area (TPSA) is 133 Å². The third-order valence-corrected chi connectivity index (χ3v) is 9.19. The van der Waals surface area contributed by atoms with E-state index in [9.17, 15) is 23.9 Å². The standard InChI is InChI=1S/C34H38F2N6O5/c1-45-30-17-24(3-4-27(30)21-7-12-41(13-8-21)25-19-46-20-25)39-34-38-11-6-28(40-34)22-2-5-29(23(16-22)18-37)47-26-9-14-42(15-10-26)33(44)31(43)32(35)36/h2-6,11,16-17,21,25-26,31-32,43H,7-10,12-15,19-20H2,1H3,(H,38,39,40)/t31-/m0/s1. The summed E-state index contributed by atoms with van der Waals surface area (Å²) >= 11 is 0. The normalized spacial score (nSPS) is 18.8. The molecular weight excluding hydrogens is 610 g/mol. The second kappa shape index (κ2) is 14.6. The molecule has 3 aliphatic rings. The summed E-state index contributed by atoms with van der Waals surface area (Å²) in [5, 5.41) is 22.5. The highest BCUT2D eigenvalue weighted by molar-refractivity contribution is 5.81. The maximum Gasteiger partial charge on any atom is 0.273 e. The van der Waals surface area contributed by atoms with Gasteiger partial charge in [0.05, 0.1) is 37.6 Å². The second-order valence-corrected chi connectivity index (χ2v) is 12.1. The first-order valence-electron chi connectivity index (χ1n) is 15.9. The molecule has 11 nitrogen and oxygen atoms in total. The van der Waals surface area contributed by atoms with Crippen molar-refractivity contribution < 1.29 is 32.9 Å². The number of halogens is 2. The summed E-state index contributed by atoms with van der Waals surface area (Å²) in [6.07, 6.45) is -1.19. The van der Waals surface area contributed by atoms with Crippen molar-refractivity contribution in [2.45, 2.75) is 56.3 Å². The molecule has 0 aliphatic carbocycles. The van der Waals surface area contributed by atoms with Crippen LogP contribution in [0.1, 0.15) is 42.7 Å². The number of aliphatic hydroxyl groups is 1. The van der Waals surface area contributed by atoms with Gasteiger partial charge < -0.3 is 29.5 Å². The van der Waals surface area contributed by atoms with Crippen LogP contribution in [0, 0.1) is 11.3 Å². The van der Waals surface area contributed by atoms with E-state index in [2.05, 4.69) is 32.3 Å². The second-order valence-electron chi connectivity index (χ2n) is 12.1. The average molecular weight is 649 g/mol. The average Bonchev–Trinajstić information content (AvgIpc) is 3.07. The number of carbonyl (C=O) groups excluding carboxylic acids is 1. The van der Waals surface area contributed by atoms with Crippen LogP contribution in [0.25, 0.3) is 11.3 Å². The predicted molar refractivity (Wildman–Crippen MR) is 169 cm³/mol. The zero-order valence-electron chi connectivity index (χ0n) is 26.1. The summed E-state index contributed by atoms with van der Waals surface area (Å²) in [5.41, 5.74) is 3.63. The number of ether oxygens (including phenoxy) is 3. The van der Waals surface area contributed by atoms with Gasteiger partial charge in [-0.05, 0) is 67.7 Å². The lowest BCUT2D eigenvalue weighted by Gasteiger charge is -2.41. The van der Waals surface area contributed by atoms with E-state index in [1.807, 2.05) is 12.1 Å².